The number of benzene rings is 4. The Morgan fingerprint density at radius 1 is 0.841 bits per heavy atom. The molecule has 0 saturated carbocycles. The fraction of sp³-hybridized carbons (Fsp3) is 0.257. The van der Waals surface area contributed by atoms with E-state index in [1.807, 2.05) is 75.4 Å². The van der Waals surface area contributed by atoms with Crippen molar-refractivity contribution in [2.75, 3.05) is 10.8 Å². The topological polar surface area (TPSA) is 86.8 Å². The Bertz CT molecular complexity index is 1670. The van der Waals surface area contributed by atoms with Crippen molar-refractivity contribution in [3.63, 3.8) is 0 Å². The van der Waals surface area contributed by atoms with Crippen molar-refractivity contribution in [1.82, 2.24) is 10.2 Å². The molecule has 0 bridgehead atoms. The maximum atomic E-state index is 14.5. The first-order valence-electron chi connectivity index (χ1n) is 14.6. The summed E-state index contributed by atoms with van der Waals surface area (Å²) in [6.45, 7) is 5.42. The molecule has 2 atom stereocenters. The monoisotopic (exact) mass is 631 g/mol. The highest BCUT2D eigenvalue weighted by molar-refractivity contribution is 7.92. The average molecular weight is 632 g/mol. The number of amides is 2. The normalized spacial score (nSPS) is 12.6. The predicted molar refractivity (Wildman–Crippen MR) is 176 cm³/mol. The van der Waals surface area contributed by atoms with Gasteiger partial charge in [0.1, 0.15) is 12.6 Å². The molecule has 1 N–H and O–H groups in total. The van der Waals surface area contributed by atoms with Crippen LogP contribution in [0.4, 0.5) is 5.69 Å². The summed E-state index contributed by atoms with van der Waals surface area (Å²) < 4.78 is 29.1. The van der Waals surface area contributed by atoms with Crippen molar-refractivity contribution in [2.24, 2.45) is 0 Å². The van der Waals surface area contributed by atoms with Gasteiger partial charge in [0.05, 0.1) is 10.6 Å². The Balaban J connectivity index is 1.80. The number of nitrogens with one attached hydrogen (secondary N) is 1. The number of carbonyl (C=O) groups excluding carboxylic acids is 2. The second kappa shape index (κ2) is 15.0. The summed E-state index contributed by atoms with van der Waals surface area (Å²) in [6.07, 6.45) is 0.969. The number of rotatable bonds is 13. The third-order valence-corrected chi connectivity index (χ3v) is 9.44. The number of hydrogen-bond acceptors (Lipinski definition) is 4. The number of anilines is 1. The zero-order valence-corrected chi connectivity index (χ0v) is 26.8. The lowest BCUT2D eigenvalue weighted by Gasteiger charge is -2.34. The SMILES string of the molecule is CC[C@@H](C)NC(=O)[C@H](Cc1ccccc1)N(Cc1cccc(C)c1)C(=O)CN(c1cccc(Cl)c1)S(=O)(=O)c1ccccc1. The molecule has 9 heteroatoms. The van der Waals surface area contributed by atoms with E-state index in [0.717, 1.165) is 21.0 Å². The zero-order chi connectivity index (χ0) is 31.7. The number of aryl methyl sites for hydroxylation is 1. The number of carbonyl (C=O) groups is 2. The second-order valence-electron chi connectivity index (χ2n) is 10.8. The van der Waals surface area contributed by atoms with E-state index in [4.69, 9.17) is 11.6 Å². The Kier molecular flexibility index (Phi) is 11.2. The van der Waals surface area contributed by atoms with E-state index in [1.54, 1.807) is 36.4 Å². The van der Waals surface area contributed by atoms with Gasteiger partial charge in [-0.2, -0.15) is 0 Å². The summed E-state index contributed by atoms with van der Waals surface area (Å²) in [7, 11) is -4.18. The van der Waals surface area contributed by atoms with Crippen LogP contribution < -0.4 is 9.62 Å². The van der Waals surface area contributed by atoms with Crippen LogP contribution in [-0.2, 0) is 32.6 Å². The molecule has 0 aliphatic heterocycles. The lowest BCUT2D eigenvalue weighted by atomic mass is 10.0. The first-order chi connectivity index (χ1) is 21.1. The van der Waals surface area contributed by atoms with E-state index in [9.17, 15) is 18.0 Å². The molecule has 230 valence electrons. The summed E-state index contributed by atoms with van der Waals surface area (Å²) in [5, 5.41) is 3.38. The van der Waals surface area contributed by atoms with E-state index in [-0.39, 0.29) is 35.5 Å². The molecule has 0 heterocycles. The van der Waals surface area contributed by atoms with Gasteiger partial charge < -0.3 is 10.2 Å². The van der Waals surface area contributed by atoms with Crippen LogP contribution in [0.3, 0.4) is 0 Å². The van der Waals surface area contributed by atoms with Crippen molar-refractivity contribution in [1.29, 1.82) is 0 Å². The first-order valence-corrected chi connectivity index (χ1v) is 16.4. The number of halogens is 1. The van der Waals surface area contributed by atoms with Crippen LogP contribution in [0, 0.1) is 6.92 Å². The van der Waals surface area contributed by atoms with E-state index in [0.29, 0.717) is 11.4 Å². The molecular formula is C35H38ClN3O4S. The van der Waals surface area contributed by atoms with Gasteiger partial charge in [-0.05, 0) is 61.7 Å². The standard InChI is InChI=1S/C35H38ClN3O4S/c1-4-27(3)37-35(41)33(22-28-14-7-5-8-15-28)38(24-29-16-11-13-26(2)21-29)34(40)25-39(31-18-12-17-30(36)23-31)44(42,43)32-19-9-6-10-20-32/h5-21,23,27,33H,4,22,24-25H2,1-3H3,(H,37,41)/t27-,33+/m1/s1. The van der Waals surface area contributed by atoms with Gasteiger partial charge in [0.25, 0.3) is 10.0 Å². The minimum Gasteiger partial charge on any atom is -0.352 e. The first kappa shape index (κ1) is 32.8. The molecule has 0 aliphatic carbocycles. The molecule has 4 aromatic rings. The molecule has 7 nitrogen and oxygen atoms in total. The molecule has 0 unspecified atom stereocenters. The lowest BCUT2D eigenvalue weighted by Crippen LogP contribution is -2.54. The highest BCUT2D eigenvalue weighted by Gasteiger charge is 2.35. The Morgan fingerprint density at radius 3 is 2.11 bits per heavy atom. The van der Waals surface area contributed by atoms with Crippen LogP contribution in [0.15, 0.2) is 114 Å². The fourth-order valence-corrected chi connectivity index (χ4v) is 6.49. The largest absolute Gasteiger partial charge is 0.352 e. The molecular weight excluding hydrogens is 594 g/mol. The van der Waals surface area contributed by atoms with Crippen LogP contribution in [-0.4, -0.2) is 43.8 Å². The van der Waals surface area contributed by atoms with Crippen LogP contribution in [0.1, 0.15) is 37.0 Å². The number of hydrogen-bond donors (Lipinski definition) is 1. The van der Waals surface area contributed by atoms with Crippen molar-refractivity contribution in [3.8, 4) is 0 Å². The Hall–Kier alpha value is -4.14. The van der Waals surface area contributed by atoms with Crippen molar-refractivity contribution in [2.45, 2.75) is 57.1 Å². The van der Waals surface area contributed by atoms with Gasteiger partial charge in [0.15, 0.2) is 0 Å². The highest BCUT2D eigenvalue weighted by atomic mass is 35.5. The van der Waals surface area contributed by atoms with Crippen LogP contribution in [0.2, 0.25) is 5.02 Å². The molecule has 0 spiro atoms. The van der Waals surface area contributed by atoms with Crippen LogP contribution >= 0.6 is 11.6 Å². The smallest absolute Gasteiger partial charge is 0.264 e. The van der Waals surface area contributed by atoms with Gasteiger partial charge in [0, 0.05) is 24.0 Å². The van der Waals surface area contributed by atoms with Crippen molar-refractivity contribution < 1.29 is 18.0 Å². The van der Waals surface area contributed by atoms with Crippen LogP contribution in [0.5, 0.6) is 0 Å². The maximum Gasteiger partial charge on any atom is 0.264 e. The average Bonchev–Trinajstić information content (AvgIpc) is 3.02. The molecule has 4 aromatic carbocycles. The third-order valence-electron chi connectivity index (χ3n) is 7.41. The van der Waals surface area contributed by atoms with Gasteiger partial charge in [-0.3, -0.25) is 13.9 Å². The van der Waals surface area contributed by atoms with Gasteiger partial charge in [-0.15, -0.1) is 0 Å². The van der Waals surface area contributed by atoms with Crippen molar-refractivity contribution >= 4 is 39.1 Å². The molecule has 0 aliphatic rings. The molecule has 0 saturated heterocycles. The zero-order valence-electron chi connectivity index (χ0n) is 25.2. The lowest BCUT2D eigenvalue weighted by molar-refractivity contribution is -0.140. The van der Waals surface area contributed by atoms with E-state index >= 15 is 0 Å². The van der Waals surface area contributed by atoms with Crippen molar-refractivity contribution in [3.05, 3.63) is 131 Å². The minimum absolute atomic E-state index is 0.0355. The van der Waals surface area contributed by atoms with Gasteiger partial charge in [-0.25, -0.2) is 8.42 Å². The summed E-state index contributed by atoms with van der Waals surface area (Å²) in [5.74, 6) is -0.823. The van der Waals surface area contributed by atoms with Gasteiger partial charge in [0.2, 0.25) is 11.8 Å². The molecule has 2 amide bonds. The Labute approximate surface area is 265 Å². The summed E-state index contributed by atoms with van der Waals surface area (Å²) >= 11 is 6.28. The second-order valence-corrected chi connectivity index (χ2v) is 13.1. The number of sulfonamides is 1. The van der Waals surface area contributed by atoms with E-state index in [1.165, 1.54) is 23.1 Å². The minimum atomic E-state index is -4.18. The van der Waals surface area contributed by atoms with E-state index < -0.39 is 28.5 Å². The fourth-order valence-electron chi connectivity index (χ4n) is 4.88. The molecule has 0 radical (unpaired) electrons. The quantitative estimate of drug-likeness (QED) is 0.185. The number of nitrogens with zero attached hydrogens (tertiary/aromatic N) is 2. The molecule has 4 rings (SSSR count). The van der Waals surface area contributed by atoms with Gasteiger partial charge in [-0.1, -0.05) is 103 Å². The molecule has 44 heavy (non-hydrogen) atoms. The Morgan fingerprint density at radius 2 is 1.48 bits per heavy atom. The highest BCUT2D eigenvalue weighted by Crippen LogP contribution is 2.27. The summed E-state index contributed by atoms with van der Waals surface area (Å²) in [5.41, 5.74) is 2.95. The van der Waals surface area contributed by atoms with Crippen LogP contribution in [0.25, 0.3) is 0 Å². The molecule has 0 fully saturated rings. The summed E-state index contributed by atoms with van der Waals surface area (Å²) in [6, 6.07) is 30.5. The maximum absolute atomic E-state index is 14.5. The molecule has 0 aromatic heterocycles. The van der Waals surface area contributed by atoms with E-state index in [2.05, 4.69) is 5.32 Å². The van der Waals surface area contributed by atoms with Gasteiger partial charge >= 0.3 is 0 Å². The predicted octanol–water partition coefficient (Wildman–Crippen LogP) is 6.40. The summed E-state index contributed by atoms with van der Waals surface area (Å²) in [4.78, 5) is 29.9. The third kappa shape index (κ3) is 8.49.